The summed E-state index contributed by atoms with van der Waals surface area (Å²) in [6, 6.07) is 8.07. The Morgan fingerprint density at radius 1 is 1.38 bits per heavy atom. The first kappa shape index (κ1) is 15.9. The molecule has 1 unspecified atom stereocenters. The Morgan fingerprint density at radius 2 is 2.14 bits per heavy atom. The van der Waals surface area contributed by atoms with E-state index in [9.17, 15) is 4.79 Å². The summed E-state index contributed by atoms with van der Waals surface area (Å²) in [7, 11) is 1.85. The quantitative estimate of drug-likeness (QED) is 0.855. The Balaban J connectivity index is 1.88. The minimum atomic E-state index is 0.179. The molecule has 0 bridgehead atoms. The van der Waals surface area contributed by atoms with Crippen LogP contribution in [0.4, 0.5) is 0 Å². The zero-order valence-corrected chi connectivity index (χ0v) is 13.5. The molecule has 1 heterocycles. The van der Waals surface area contributed by atoms with E-state index in [0.717, 1.165) is 23.4 Å². The fourth-order valence-corrected chi connectivity index (χ4v) is 3.29. The first-order valence-corrected chi connectivity index (χ1v) is 8.20. The predicted molar refractivity (Wildman–Crippen MR) is 88.2 cm³/mol. The summed E-state index contributed by atoms with van der Waals surface area (Å²) in [5, 5.41) is 0.988. The van der Waals surface area contributed by atoms with Crippen LogP contribution in [0.5, 0.6) is 0 Å². The first-order chi connectivity index (χ1) is 10.1. The zero-order chi connectivity index (χ0) is 15.2. The second-order valence-electron chi connectivity index (χ2n) is 5.55. The van der Waals surface area contributed by atoms with Crippen LogP contribution in [-0.2, 0) is 11.3 Å². The monoisotopic (exact) mass is 305 g/mol. The van der Waals surface area contributed by atoms with Gasteiger partial charge in [-0.05, 0) is 37.4 Å². The number of carbonyl (C=O) groups excluding carboxylic acids is 1. The first-order valence-electron chi connectivity index (χ1n) is 7.38. The highest BCUT2D eigenvalue weighted by molar-refractivity contribution is 7.18. The highest BCUT2D eigenvalue weighted by Gasteiger charge is 2.13. The van der Waals surface area contributed by atoms with Gasteiger partial charge in [0.15, 0.2) is 0 Å². The number of benzene rings is 1. The van der Waals surface area contributed by atoms with Crippen LogP contribution in [0.25, 0.3) is 10.2 Å². The maximum absolute atomic E-state index is 12.1. The van der Waals surface area contributed by atoms with E-state index in [4.69, 9.17) is 5.73 Å². The van der Waals surface area contributed by atoms with Gasteiger partial charge in [0, 0.05) is 13.5 Å². The van der Waals surface area contributed by atoms with Crippen molar-refractivity contribution in [2.45, 2.75) is 32.7 Å². The molecule has 4 nitrogen and oxygen atoms in total. The normalized spacial score (nSPS) is 12.5. The summed E-state index contributed by atoms with van der Waals surface area (Å²) >= 11 is 1.65. The molecule has 0 aliphatic heterocycles. The Bertz CT molecular complexity index is 563. The molecule has 1 atom stereocenters. The van der Waals surface area contributed by atoms with Crippen LogP contribution in [0, 0.1) is 5.92 Å². The minimum Gasteiger partial charge on any atom is -0.339 e. The highest BCUT2D eigenvalue weighted by Crippen LogP contribution is 2.22. The summed E-state index contributed by atoms with van der Waals surface area (Å²) in [5.74, 6) is 0.688. The molecule has 0 aliphatic carbocycles. The lowest BCUT2D eigenvalue weighted by Gasteiger charge is -2.17. The highest BCUT2D eigenvalue weighted by atomic mass is 32.1. The molecule has 2 aromatic rings. The van der Waals surface area contributed by atoms with Crippen molar-refractivity contribution in [3.8, 4) is 0 Å². The molecule has 1 aromatic heterocycles. The molecular formula is C16H23N3OS. The molecule has 0 fully saturated rings. The number of nitrogens with zero attached hydrogens (tertiary/aromatic N) is 2. The van der Waals surface area contributed by atoms with Gasteiger partial charge in [-0.2, -0.15) is 0 Å². The third kappa shape index (κ3) is 4.51. The van der Waals surface area contributed by atoms with Gasteiger partial charge in [0.25, 0.3) is 0 Å². The number of nitrogens with two attached hydrogens (primary N) is 1. The Morgan fingerprint density at radius 3 is 2.86 bits per heavy atom. The third-order valence-electron chi connectivity index (χ3n) is 3.65. The fourth-order valence-electron chi connectivity index (χ4n) is 2.27. The van der Waals surface area contributed by atoms with Crippen molar-refractivity contribution in [2.75, 3.05) is 13.6 Å². The average Bonchev–Trinajstić information content (AvgIpc) is 2.87. The van der Waals surface area contributed by atoms with Crippen LogP contribution >= 0.6 is 11.3 Å². The van der Waals surface area contributed by atoms with Crippen molar-refractivity contribution >= 4 is 27.5 Å². The molecule has 1 aromatic carbocycles. The molecule has 0 aliphatic rings. The molecular weight excluding hydrogens is 282 g/mol. The third-order valence-corrected chi connectivity index (χ3v) is 4.67. The van der Waals surface area contributed by atoms with Gasteiger partial charge in [0.2, 0.25) is 5.91 Å². The van der Waals surface area contributed by atoms with Gasteiger partial charge >= 0.3 is 0 Å². The summed E-state index contributed by atoms with van der Waals surface area (Å²) in [5.41, 5.74) is 6.54. The van der Waals surface area contributed by atoms with Crippen LogP contribution in [0.15, 0.2) is 24.3 Å². The van der Waals surface area contributed by atoms with Crippen molar-refractivity contribution in [2.24, 2.45) is 11.7 Å². The van der Waals surface area contributed by atoms with E-state index in [2.05, 4.69) is 18.0 Å². The number of hydrogen-bond acceptors (Lipinski definition) is 4. The molecule has 0 saturated heterocycles. The van der Waals surface area contributed by atoms with Gasteiger partial charge in [-0.15, -0.1) is 11.3 Å². The van der Waals surface area contributed by atoms with E-state index in [1.54, 1.807) is 16.2 Å². The fraction of sp³-hybridized carbons (Fsp3) is 0.500. The van der Waals surface area contributed by atoms with Crippen molar-refractivity contribution in [3.05, 3.63) is 29.3 Å². The number of hydrogen-bond donors (Lipinski definition) is 1. The van der Waals surface area contributed by atoms with E-state index in [-0.39, 0.29) is 5.91 Å². The smallest absolute Gasteiger partial charge is 0.222 e. The Labute approximate surface area is 130 Å². The SMILES string of the molecule is CC(CCN)CCC(=O)N(C)Cc1nc2ccccc2s1. The van der Waals surface area contributed by atoms with Crippen LogP contribution < -0.4 is 5.73 Å². The summed E-state index contributed by atoms with van der Waals surface area (Å²) in [4.78, 5) is 18.5. The van der Waals surface area contributed by atoms with Crippen molar-refractivity contribution in [1.29, 1.82) is 0 Å². The molecule has 114 valence electrons. The number of rotatable bonds is 7. The molecule has 5 heteroatoms. The topological polar surface area (TPSA) is 59.2 Å². The number of carbonyl (C=O) groups is 1. The molecule has 0 spiro atoms. The summed E-state index contributed by atoms with van der Waals surface area (Å²) in [6.07, 6.45) is 2.47. The molecule has 1 amide bonds. The lowest BCUT2D eigenvalue weighted by molar-refractivity contribution is -0.130. The van der Waals surface area contributed by atoms with E-state index in [0.29, 0.717) is 25.4 Å². The van der Waals surface area contributed by atoms with Crippen LogP contribution in [0.2, 0.25) is 0 Å². The van der Waals surface area contributed by atoms with Crippen molar-refractivity contribution in [1.82, 2.24) is 9.88 Å². The summed E-state index contributed by atoms with van der Waals surface area (Å²) in [6.45, 7) is 3.42. The van der Waals surface area contributed by atoms with Gasteiger partial charge in [-0.1, -0.05) is 19.1 Å². The van der Waals surface area contributed by atoms with E-state index in [1.807, 2.05) is 25.2 Å². The van der Waals surface area contributed by atoms with Crippen molar-refractivity contribution < 1.29 is 4.79 Å². The molecule has 0 radical (unpaired) electrons. The van der Waals surface area contributed by atoms with E-state index >= 15 is 0 Å². The molecule has 21 heavy (non-hydrogen) atoms. The number of aromatic nitrogens is 1. The second kappa shape index (κ2) is 7.52. The lowest BCUT2D eigenvalue weighted by Crippen LogP contribution is -2.26. The number of fused-ring (bicyclic) bond motifs is 1. The maximum Gasteiger partial charge on any atom is 0.222 e. The van der Waals surface area contributed by atoms with Crippen LogP contribution in [-0.4, -0.2) is 29.4 Å². The predicted octanol–water partition coefficient (Wildman–Crippen LogP) is 3.02. The van der Waals surface area contributed by atoms with Crippen molar-refractivity contribution in [3.63, 3.8) is 0 Å². The van der Waals surface area contributed by atoms with Gasteiger partial charge in [-0.3, -0.25) is 4.79 Å². The standard InChI is InChI=1S/C16H23N3OS/c1-12(9-10-17)7-8-16(20)19(2)11-15-18-13-5-3-4-6-14(13)21-15/h3-6,12H,7-11,17H2,1-2H3. The van der Waals surface area contributed by atoms with Gasteiger partial charge < -0.3 is 10.6 Å². The van der Waals surface area contributed by atoms with E-state index in [1.165, 1.54) is 4.70 Å². The molecule has 2 rings (SSSR count). The van der Waals surface area contributed by atoms with Crippen LogP contribution in [0.3, 0.4) is 0 Å². The molecule has 2 N–H and O–H groups in total. The van der Waals surface area contributed by atoms with Gasteiger partial charge in [-0.25, -0.2) is 4.98 Å². The van der Waals surface area contributed by atoms with E-state index < -0.39 is 0 Å². The number of amides is 1. The minimum absolute atomic E-state index is 0.179. The zero-order valence-electron chi connectivity index (χ0n) is 12.7. The number of para-hydroxylation sites is 1. The lowest BCUT2D eigenvalue weighted by atomic mass is 10.0. The Hall–Kier alpha value is -1.46. The number of thiazole rings is 1. The molecule has 0 saturated carbocycles. The maximum atomic E-state index is 12.1. The second-order valence-corrected chi connectivity index (χ2v) is 6.66. The Kier molecular flexibility index (Phi) is 5.70. The van der Waals surface area contributed by atoms with Gasteiger partial charge in [0.1, 0.15) is 5.01 Å². The largest absolute Gasteiger partial charge is 0.339 e. The van der Waals surface area contributed by atoms with Crippen LogP contribution in [0.1, 0.15) is 31.2 Å². The summed E-state index contributed by atoms with van der Waals surface area (Å²) < 4.78 is 1.17. The average molecular weight is 305 g/mol. The van der Waals surface area contributed by atoms with Gasteiger partial charge in [0.05, 0.1) is 16.8 Å².